The lowest BCUT2D eigenvalue weighted by Gasteiger charge is -2.09. The highest BCUT2D eigenvalue weighted by atomic mass is 79.9. The van der Waals surface area contributed by atoms with Gasteiger partial charge in [-0.05, 0) is 64.7 Å². The van der Waals surface area contributed by atoms with Gasteiger partial charge in [-0.1, -0.05) is 30.1 Å². The number of aryl methyl sites for hydroxylation is 2. The van der Waals surface area contributed by atoms with Crippen molar-refractivity contribution >= 4 is 56.7 Å². The van der Waals surface area contributed by atoms with Crippen LogP contribution in [-0.4, -0.2) is 15.5 Å². The van der Waals surface area contributed by atoms with Crippen molar-refractivity contribution in [3.05, 3.63) is 61.8 Å². The largest absolute Gasteiger partial charge is 0.444 e. The number of imidazole rings is 1. The topological polar surface area (TPSA) is 55.6 Å². The van der Waals surface area contributed by atoms with E-state index in [-0.39, 0.29) is 6.61 Å². The van der Waals surface area contributed by atoms with Crippen LogP contribution >= 0.6 is 39.1 Å². The van der Waals surface area contributed by atoms with Crippen LogP contribution in [0.25, 0.3) is 5.65 Å². The first kappa shape index (κ1) is 19.0. The summed E-state index contributed by atoms with van der Waals surface area (Å²) in [6, 6.07) is 7.01. The normalized spacial score (nSPS) is 11.0. The molecule has 8 heteroatoms. The van der Waals surface area contributed by atoms with E-state index >= 15 is 0 Å². The molecular weight excluding hydrogens is 441 g/mol. The second kappa shape index (κ2) is 7.86. The molecule has 0 saturated carbocycles. The van der Waals surface area contributed by atoms with Crippen molar-refractivity contribution in [2.75, 3.05) is 5.32 Å². The van der Waals surface area contributed by atoms with Crippen LogP contribution in [0.1, 0.15) is 23.7 Å². The van der Waals surface area contributed by atoms with Gasteiger partial charge in [0.05, 0.1) is 5.69 Å². The average Bonchev–Trinajstić information content (AvgIpc) is 2.90. The summed E-state index contributed by atoms with van der Waals surface area (Å²) >= 11 is 15.4. The standard InChI is InChI=1S/C18H16BrCl2N3O2/c1-3-15-17(24-8-12(19)4-10(2)16(24)22-15)23-18(25)26-9-11-5-13(20)7-14(21)6-11/h4-8H,3,9H2,1-2H3,(H,23,25). The molecule has 1 aromatic carbocycles. The number of nitrogens with zero attached hydrogens (tertiary/aromatic N) is 2. The molecule has 5 nitrogen and oxygen atoms in total. The highest BCUT2D eigenvalue weighted by molar-refractivity contribution is 9.10. The first-order valence-electron chi connectivity index (χ1n) is 7.93. The fraction of sp³-hybridized carbons (Fsp3) is 0.222. The number of carbonyl (C=O) groups excluding carboxylic acids is 1. The molecule has 3 aromatic rings. The number of aromatic nitrogens is 2. The molecule has 0 saturated heterocycles. The van der Waals surface area contributed by atoms with Crippen LogP contribution in [0.2, 0.25) is 10.0 Å². The van der Waals surface area contributed by atoms with Gasteiger partial charge in [-0.2, -0.15) is 0 Å². The van der Waals surface area contributed by atoms with Gasteiger partial charge in [-0.25, -0.2) is 9.78 Å². The molecule has 0 bridgehead atoms. The van der Waals surface area contributed by atoms with Gasteiger partial charge in [0.25, 0.3) is 0 Å². The number of ether oxygens (including phenoxy) is 1. The summed E-state index contributed by atoms with van der Waals surface area (Å²) in [5, 5.41) is 3.78. The zero-order valence-corrected chi connectivity index (χ0v) is 17.2. The zero-order chi connectivity index (χ0) is 18.8. The molecule has 0 aliphatic heterocycles. The number of pyridine rings is 1. The number of rotatable bonds is 4. The molecule has 1 amide bonds. The molecule has 0 spiro atoms. The van der Waals surface area contributed by atoms with Crippen molar-refractivity contribution in [1.82, 2.24) is 9.38 Å². The van der Waals surface area contributed by atoms with Crippen molar-refractivity contribution in [1.29, 1.82) is 0 Å². The number of fused-ring (bicyclic) bond motifs is 1. The second-order valence-corrected chi connectivity index (χ2v) is 7.56. The van der Waals surface area contributed by atoms with E-state index in [9.17, 15) is 4.79 Å². The number of benzene rings is 1. The molecule has 0 atom stereocenters. The van der Waals surface area contributed by atoms with E-state index in [4.69, 9.17) is 27.9 Å². The van der Waals surface area contributed by atoms with Crippen LogP contribution in [0.4, 0.5) is 10.6 Å². The molecule has 3 rings (SSSR count). The van der Waals surface area contributed by atoms with Gasteiger partial charge in [-0.15, -0.1) is 0 Å². The van der Waals surface area contributed by atoms with Gasteiger partial charge in [0.2, 0.25) is 0 Å². The maximum absolute atomic E-state index is 12.3. The Kier molecular flexibility index (Phi) is 5.75. The number of hydrogen-bond acceptors (Lipinski definition) is 3. The van der Waals surface area contributed by atoms with Crippen LogP contribution in [0.15, 0.2) is 34.9 Å². The van der Waals surface area contributed by atoms with Crippen molar-refractivity contribution < 1.29 is 9.53 Å². The van der Waals surface area contributed by atoms with Gasteiger partial charge in [-0.3, -0.25) is 9.72 Å². The third kappa shape index (κ3) is 4.14. The Morgan fingerprint density at radius 3 is 2.62 bits per heavy atom. The number of halogens is 3. The summed E-state index contributed by atoms with van der Waals surface area (Å²) in [5.41, 5.74) is 3.30. The Bertz CT molecular complexity index is 968. The highest BCUT2D eigenvalue weighted by Gasteiger charge is 2.16. The van der Waals surface area contributed by atoms with Crippen LogP contribution in [0.5, 0.6) is 0 Å². The Morgan fingerprint density at radius 2 is 1.96 bits per heavy atom. The van der Waals surface area contributed by atoms with Crippen LogP contribution in [-0.2, 0) is 17.8 Å². The SMILES string of the molecule is CCc1nc2c(C)cc(Br)cn2c1NC(=O)OCc1cc(Cl)cc(Cl)c1. The van der Waals surface area contributed by atoms with Crippen LogP contribution in [0, 0.1) is 6.92 Å². The summed E-state index contributed by atoms with van der Waals surface area (Å²) in [5.74, 6) is 0.598. The first-order valence-corrected chi connectivity index (χ1v) is 9.48. The molecule has 2 heterocycles. The number of anilines is 1. The molecule has 0 fully saturated rings. The van der Waals surface area contributed by atoms with E-state index in [1.807, 2.05) is 30.5 Å². The molecule has 26 heavy (non-hydrogen) atoms. The summed E-state index contributed by atoms with van der Waals surface area (Å²) < 4.78 is 8.04. The van der Waals surface area contributed by atoms with Gasteiger partial charge >= 0.3 is 6.09 Å². The summed E-state index contributed by atoms with van der Waals surface area (Å²) in [7, 11) is 0. The Balaban J connectivity index is 1.80. The fourth-order valence-corrected chi connectivity index (χ4v) is 3.79. The van der Waals surface area contributed by atoms with Gasteiger partial charge in [0, 0.05) is 20.7 Å². The molecule has 0 radical (unpaired) electrons. The molecule has 0 unspecified atom stereocenters. The molecule has 0 aliphatic rings. The quantitative estimate of drug-likeness (QED) is 0.521. The highest BCUT2D eigenvalue weighted by Crippen LogP contribution is 2.25. The summed E-state index contributed by atoms with van der Waals surface area (Å²) in [6.45, 7) is 4.02. The minimum Gasteiger partial charge on any atom is -0.444 e. The lowest BCUT2D eigenvalue weighted by molar-refractivity contribution is 0.155. The Hall–Kier alpha value is -1.76. The monoisotopic (exact) mass is 455 g/mol. The summed E-state index contributed by atoms with van der Waals surface area (Å²) in [4.78, 5) is 16.9. The van der Waals surface area contributed by atoms with E-state index in [0.717, 1.165) is 21.4 Å². The third-order valence-corrected chi connectivity index (χ3v) is 4.66. The van der Waals surface area contributed by atoms with Crippen LogP contribution in [0.3, 0.4) is 0 Å². The lowest BCUT2D eigenvalue weighted by atomic mass is 10.2. The molecule has 2 aromatic heterocycles. The van der Waals surface area contributed by atoms with E-state index in [1.165, 1.54) is 0 Å². The van der Waals surface area contributed by atoms with E-state index in [2.05, 4.69) is 26.2 Å². The summed E-state index contributed by atoms with van der Waals surface area (Å²) in [6.07, 6.45) is 1.97. The maximum Gasteiger partial charge on any atom is 0.413 e. The van der Waals surface area contributed by atoms with E-state index in [1.54, 1.807) is 18.2 Å². The first-order chi connectivity index (χ1) is 12.4. The molecule has 0 aliphatic carbocycles. The smallest absolute Gasteiger partial charge is 0.413 e. The predicted octanol–water partition coefficient (Wildman–Crippen LogP) is 6.02. The minimum atomic E-state index is -0.574. The van der Waals surface area contributed by atoms with Crippen LogP contribution < -0.4 is 5.32 Å². The number of amides is 1. The number of hydrogen-bond donors (Lipinski definition) is 1. The molecule has 1 N–H and O–H groups in total. The van der Waals surface area contributed by atoms with Gasteiger partial charge in [0.15, 0.2) is 0 Å². The van der Waals surface area contributed by atoms with Gasteiger partial charge < -0.3 is 4.74 Å². The van der Waals surface area contributed by atoms with E-state index < -0.39 is 6.09 Å². The van der Waals surface area contributed by atoms with Crippen molar-refractivity contribution in [2.45, 2.75) is 26.9 Å². The predicted molar refractivity (Wildman–Crippen MR) is 107 cm³/mol. The Morgan fingerprint density at radius 1 is 1.27 bits per heavy atom. The second-order valence-electron chi connectivity index (χ2n) is 5.77. The average molecular weight is 457 g/mol. The number of nitrogens with one attached hydrogen (secondary N) is 1. The minimum absolute atomic E-state index is 0.0625. The Labute approximate surface area is 169 Å². The molecule has 136 valence electrons. The lowest BCUT2D eigenvalue weighted by Crippen LogP contribution is -2.16. The number of carbonyl (C=O) groups is 1. The van der Waals surface area contributed by atoms with Crippen molar-refractivity contribution in [3.8, 4) is 0 Å². The maximum atomic E-state index is 12.3. The third-order valence-electron chi connectivity index (χ3n) is 3.79. The fourth-order valence-electron chi connectivity index (χ4n) is 2.67. The van der Waals surface area contributed by atoms with Crippen molar-refractivity contribution in [2.24, 2.45) is 0 Å². The van der Waals surface area contributed by atoms with Gasteiger partial charge in [0.1, 0.15) is 18.1 Å². The van der Waals surface area contributed by atoms with E-state index in [0.29, 0.717) is 27.8 Å². The zero-order valence-electron chi connectivity index (χ0n) is 14.1. The molecular formula is C18H16BrCl2N3O2. The van der Waals surface area contributed by atoms with Crippen molar-refractivity contribution in [3.63, 3.8) is 0 Å².